The monoisotopic (exact) mass is 282 g/mol. The number of benzene rings is 1. The Labute approximate surface area is 122 Å². The molecule has 1 aromatic heterocycles. The van der Waals surface area contributed by atoms with Gasteiger partial charge in [-0.25, -0.2) is 0 Å². The van der Waals surface area contributed by atoms with Crippen LogP contribution in [-0.4, -0.2) is 12.1 Å². The second-order valence-electron chi connectivity index (χ2n) is 4.96. The summed E-state index contributed by atoms with van der Waals surface area (Å²) in [4.78, 5) is 3.19. The third-order valence-corrected chi connectivity index (χ3v) is 3.89. The topological polar surface area (TPSA) is 48.8 Å². The minimum atomic E-state index is 0.530. The molecular formula is C16H14N2OS. The van der Waals surface area contributed by atoms with Gasteiger partial charge in [-0.3, -0.25) is 0 Å². The van der Waals surface area contributed by atoms with Crippen molar-refractivity contribution >= 4 is 12.2 Å². The molecule has 1 N–H and O–H groups in total. The van der Waals surface area contributed by atoms with E-state index in [0.717, 1.165) is 22.6 Å². The molecule has 0 aliphatic heterocycles. The maximum Gasteiger partial charge on any atom is 0.122 e. The Morgan fingerprint density at radius 2 is 2.00 bits per heavy atom. The molecule has 0 bridgehead atoms. The SMILES string of the molecule is COc1ccc(-c2cc(C3CC3)[nH]c(=S)c2C#N)cc1. The fourth-order valence-electron chi connectivity index (χ4n) is 2.30. The van der Waals surface area contributed by atoms with Crippen molar-refractivity contribution in [1.29, 1.82) is 5.26 Å². The van der Waals surface area contributed by atoms with E-state index in [0.29, 0.717) is 16.1 Å². The summed E-state index contributed by atoms with van der Waals surface area (Å²) in [5.41, 5.74) is 3.57. The molecule has 1 aromatic carbocycles. The van der Waals surface area contributed by atoms with E-state index >= 15 is 0 Å². The highest BCUT2D eigenvalue weighted by Crippen LogP contribution is 2.40. The van der Waals surface area contributed by atoms with Crippen LogP contribution in [0.15, 0.2) is 30.3 Å². The minimum Gasteiger partial charge on any atom is -0.497 e. The summed E-state index contributed by atoms with van der Waals surface area (Å²) in [5.74, 6) is 1.37. The number of ether oxygens (including phenoxy) is 1. The number of aromatic nitrogens is 1. The van der Waals surface area contributed by atoms with Crippen molar-refractivity contribution in [3.8, 4) is 22.9 Å². The quantitative estimate of drug-likeness (QED) is 0.860. The summed E-state index contributed by atoms with van der Waals surface area (Å²) < 4.78 is 5.70. The van der Waals surface area contributed by atoms with Crippen molar-refractivity contribution < 1.29 is 4.74 Å². The molecular weight excluding hydrogens is 268 g/mol. The number of H-pyrrole nitrogens is 1. The van der Waals surface area contributed by atoms with Gasteiger partial charge in [0.1, 0.15) is 16.5 Å². The molecule has 2 aromatic rings. The van der Waals surface area contributed by atoms with Crippen LogP contribution in [0, 0.1) is 16.0 Å². The van der Waals surface area contributed by atoms with Gasteiger partial charge in [-0.15, -0.1) is 0 Å². The molecule has 0 unspecified atom stereocenters. The van der Waals surface area contributed by atoms with Gasteiger partial charge in [-0.1, -0.05) is 24.4 Å². The van der Waals surface area contributed by atoms with Crippen LogP contribution in [0.5, 0.6) is 5.75 Å². The van der Waals surface area contributed by atoms with Gasteiger partial charge in [0.2, 0.25) is 0 Å². The van der Waals surface area contributed by atoms with E-state index in [1.54, 1.807) is 7.11 Å². The van der Waals surface area contributed by atoms with Crippen molar-refractivity contribution in [2.24, 2.45) is 0 Å². The Bertz CT molecular complexity index is 737. The molecule has 1 aliphatic rings. The predicted octanol–water partition coefficient (Wildman–Crippen LogP) is 4.17. The lowest BCUT2D eigenvalue weighted by Gasteiger charge is -2.09. The number of rotatable bonds is 3. The average molecular weight is 282 g/mol. The van der Waals surface area contributed by atoms with E-state index < -0.39 is 0 Å². The van der Waals surface area contributed by atoms with Crippen LogP contribution < -0.4 is 4.74 Å². The summed E-state index contributed by atoms with van der Waals surface area (Å²) in [7, 11) is 1.64. The van der Waals surface area contributed by atoms with Gasteiger partial charge in [-0.2, -0.15) is 5.26 Å². The Morgan fingerprint density at radius 1 is 1.30 bits per heavy atom. The van der Waals surface area contributed by atoms with Gasteiger partial charge >= 0.3 is 0 Å². The molecule has 20 heavy (non-hydrogen) atoms. The molecule has 4 heteroatoms. The smallest absolute Gasteiger partial charge is 0.122 e. The number of methoxy groups -OCH3 is 1. The Hall–Kier alpha value is -2.12. The lowest BCUT2D eigenvalue weighted by Crippen LogP contribution is -1.94. The first kappa shape index (κ1) is 12.9. The molecule has 1 fully saturated rings. The third-order valence-electron chi connectivity index (χ3n) is 3.58. The maximum atomic E-state index is 9.35. The van der Waals surface area contributed by atoms with Crippen LogP contribution in [0.1, 0.15) is 30.0 Å². The van der Waals surface area contributed by atoms with E-state index in [2.05, 4.69) is 17.1 Å². The number of nitrogens with one attached hydrogen (secondary N) is 1. The molecule has 0 amide bonds. The van der Waals surface area contributed by atoms with Crippen LogP contribution in [0.3, 0.4) is 0 Å². The Morgan fingerprint density at radius 3 is 2.55 bits per heavy atom. The van der Waals surface area contributed by atoms with Crippen molar-refractivity contribution in [2.75, 3.05) is 7.11 Å². The highest BCUT2D eigenvalue weighted by Gasteiger charge is 2.25. The second kappa shape index (κ2) is 5.10. The Kier molecular flexibility index (Phi) is 3.29. The fraction of sp³-hybridized carbons (Fsp3) is 0.250. The molecule has 3 nitrogen and oxygen atoms in total. The van der Waals surface area contributed by atoms with Crippen molar-refractivity contribution in [3.63, 3.8) is 0 Å². The van der Waals surface area contributed by atoms with E-state index in [-0.39, 0.29) is 0 Å². The van der Waals surface area contributed by atoms with Crippen LogP contribution in [-0.2, 0) is 0 Å². The zero-order valence-corrected chi connectivity index (χ0v) is 12.0. The fourth-order valence-corrected chi connectivity index (χ4v) is 2.58. The average Bonchev–Trinajstić information content (AvgIpc) is 3.31. The molecule has 100 valence electrons. The lowest BCUT2D eigenvalue weighted by atomic mass is 10.00. The van der Waals surface area contributed by atoms with Crippen molar-refractivity contribution in [1.82, 2.24) is 4.98 Å². The molecule has 0 spiro atoms. The summed E-state index contributed by atoms with van der Waals surface area (Å²) in [5, 5.41) is 9.35. The first-order chi connectivity index (χ1) is 9.72. The van der Waals surface area contributed by atoms with E-state index in [9.17, 15) is 5.26 Å². The summed E-state index contributed by atoms with van der Waals surface area (Å²) in [6.45, 7) is 0. The number of hydrogen-bond donors (Lipinski definition) is 1. The number of nitriles is 1. The molecule has 3 rings (SSSR count). The highest BCUT2D eigenvalue weighted by molar-refractivity contribution is 7.71. The van der Waals surface area contributed by atoms with Crippen LogP contribution in [0.2, 0.25) is 0 Å². The van der Waals surface area contributed by atoms with Crippen LogP contribution in [0.25, 0.3) is 11.1 Å². The number of nitrogens with zero attached hydrogens (tertiary/aromatic N) is 1. The normalized spacial score (nSPS) is 13.8. The first-order valence-electron chi connectivity index (χ1n) is 6.54. The third kappa shape index (κ3) is 2.33. The van der Waals surface area contributed by atoms with E-state index in [4.69, 9.17) is 17.0 Å². The summed E-state index contributed by atoms with van der Waals surface area (Å²) in [6.07, 6.45) is 2.39. The zero-order valence-electron chi connectivity index (χ0n) is 11.1. The molecule has 0 saturated heterocycles. The first-order valence-corrected chi connectivity index (χ1v) is 6.95. The largest absolute Gasteiger partial charge is 0.497 e. The summed E-state index contributed by atoms with van der Waals surface area (Å²) in [6, 6.07) is 12.0. The summed E-state index contributed by atoms with van der Waals surface area (Å²) >= 11 is 5.32. The molecule has 1 saturated carbocycles. The van der Waals surface area contributed by atoms with Gasteiger partial charge in [0.05, 0.1) is 12.7 Å². The molecule has 0 atom stereocenters. The van der Waals surface area contributed by atoms with Crippen LogP contribution in [0.4, 0.5) is 0 Å². The lowest BCUT2D eigenvalue weighted by molar-refractivity contribution is 0.415. The van der Waals surface area contributed by atoms with Gasteiger partial charge < -0.3 is 9.72 Å². The number of aromatic amines is 1. The predicted molar refractivity (Wildman–Crippen MR) is 80.3 cm³/mol. The Balaban J connectivity index is 2.14. The zero-order chi connectivity index (χ0) is 14.1. The van der Waals surface area contributed by atoms with Gasteiger partial charge in [-0.05, 0) is 42.5 Å². The number of hydrogen-bond acceptors (Lipinski definition) is 3. The standard InChI is InChI=1S/C16H14N2OS/c1-19-12-6-4-10(5-7-12)13-8-15(11-2-3-11)18-16(20)14(13)9-17/h4-8,11H,2-3H2,1H3,(H,18,20). The van der Waals surface area contributed by atoms with Crippen LogP contribution >= 0.6 is 12.2 Å². The maximum absolute atomic E-state index is 9.35. The van der Waals surface area contributed by atoms with Crippen molar-refractivity contribution in [3.05, 3.63) is 46.2 Å². The van der Waals surface area contributed by atoms with E-state index in [1.165, 1.54) is 12.8 Å². The second-order valence-corrected chi connectivity index (χ2v) is 5.37. The molecule has 1 heterocycles. The highest BCUT2D eigenvalue weighted by atomic mass is 32.1. The van der Waals surface area contributed by atoms with Gasteiger partial charge in [0, 0.05) is 11.3 Å². The van der Waals surface area contributed by atoms with E-state index in [1.807, 2.05) is 24.3 Å². The molecule has 1 aliphatic carbocycles. The minimum absolute atomic E-state index is 0.530. The van der Waals surface area contributed by atoms with Crippen molar-refractivity contribution in [2.45, 2.75) is 18.8 Å². The van der Waals surface area contributed by atoms with Gasteiger partial charge in [0.25, 0.3) is 0 Å². The van der Waals surface area contributed by atoms with Gasteiger partial charge in [0.15, 0.2) is 0 Å². The molecule has 0 radical (unpaired) electrons. The number of pyridine rings is 1.